The quantitative estimate of drug-likeness (QED) is 0.896. The maximum atomic E-state index is 12.2. The summed E-state index contributed by atoms with van der Waals surface area (Å²) < 4.78 is 0. The highest BCUT2D eigenvalue weighted by molar-refractivity contribution is 5.79. The number of carbonyl (C=O) groups excluding carboxylic acids is 1. The van der Waals surface area contributed by atoms with Crippen LogP contribution in [0.4, 0.5) is 0 Å². The summed E-state index contributed by atoms with van der Waals surface area (Å²) in [7, 11) is 0. The Balaban J connectivity index is 1.63. The van der Waals surface area contributed by atoms with E-state index in [-0.39, 0.29) is 17.5 Å². The SMILES string of the molecule is Cc1ccccc1CC(=O)N[C@@H]1CCc2n[nH]c(=O)cc2C1. The van der Waals surface area contributed by atoms with Crippen LogP contribution >= 0.6 is 0 Å². The lowest BCUT2D eigenvalue weighted by atomic mass is 9.92. The van der Waals surface area contributed by atoms with Crippen molar-refractivity contribution in [2.24, 2.45) is 0 Å². The van der Waals surface area contributed by atoms with Crippen molar-refractivity contribution in [3.05, 3.63) is 63.1 Å². The van der Waals surface area contributed by atoms with Crippen molar-refractivity contribution in [1.29, 1.82) is 0 Å². The third-order valence-corrected chi connectivity index (χ3v) is 4.15. The van der Waals surface area contributed by atoms with Gasteiger partial charge < -0.3 is 5.32 Å². The standard InChI is InChI=1S/C17H19N3O2/c1-11-4-2-3-5-12(11)9-16(21)18-14-6-7-15-13(8-14)10-17(22)20-19-15/h2-5,10,14H,6-9H2,1H3,(H,18,21)(H,20,22)/t14-/m1/s1. The lowest BCUT2D eigenvalue weighted by Crippen LogP contribution is -2.40. The largest absolute Gasteiger partial charge is 0.353 e. The molecule has 1 atom stereocenters. The smallest absolute Gasteiger partial charge is 0.264 e. The molecule has 0 unspecified atom stereocenters. The molecule has 0 bridgehead atoms. The van der Waals surface area contributed by atoms with Crippen LogP contribution in [0.25, 0.3) is 0 Å². The van der Waals surface area contributed by atoms with Gasteiger partial charge in [-0.05, 0) is 42.9 Å². The van der Waals surface area contributed by atoms with E-state index in [1.165, 1.54) is 0 Å². The Bertz CT molecular complexity index is 752. The number of carbonyl (C=O) groups is 1. The molecule has 1 amide bonds. The second-order valence-corrected chi connectivity index (χ2v) is 5.81. The van der Waals surface area contributed by atoms with Crippen molar-refractivity contribution in [2.45, 2.75) is 38.6 Å². The molecule has 1 aromatic heterocycles. The average Bonchev–Trinajstić information content (AvgIpc) is 2.49. The summed E-state index contributed by atoms with van der Waals surface area (Å²) in [5.74, 6) is 0.0283. The molecule has 3 rings (SSSR count). The maximum Gasteiger partial charge on any atom is 0.264 e. The lowest BCUT2D eigenvalue weighted by Gasteiger charge is -2.24. The van der Waals surface area contributed by atoms with E-state index in [0.717, 1.165) is 35.2 Å². The van der Waals surface area contributed by atoms with Gasteiger partial charge in [0.15, 0.2) is 0 Å². The fraction of sp³-hybridized carbons (Fsp3) is 0.353. The molecule has 5 nitrogen and oxygen atoms in total. The number of aromatic amines is 1. The van der Waals surface area contributed by atoms with Crippen LogP contribution in [0.3, 0.4) is 0 Å². The van der Waals surface area contributed by atoms with Crippen LogP contribution in [0.1, 0.15) is 28.8 Å². The normalized spacial score (nSPS) is 16.9. The van der Waals surface area contributed by atoms with Crippen LogP contribution < -0.4 is 10.9 Å². The van der Waals surface area contributed by atoms with Crippen LogP contribution in [-0.4, -0.2) is 22.1 Å². The number of amides is 1. The number of hydrogen-bond acceptors (Lipinski definition) is 3. The van der Waals surface area contributed by atoms with Gasteiger partial charge in [0, 0.05) is 12.1 Å². The predicted octanol–water partition coefficient (Wildman–Crippen LogP) is 1.29. The lowest BCUT2D eigenvalue weighted by molar-refractivity contribution is -0.121. The van der Waals surface area contributed by atoms with E-state index in [1.54, 1.807) is 6.07 Å². The van der Waals surface area contributed by atoms with Gasteiger partial charge in [-0.2, -0.15) is 5.10 Å². The molecule has 1 aliphatic rings. The van der Waals surface area contributed by atoms with E-state index in [4.69, 9.17) is 0 Å². The second-order valence-electron chi connectivity index (χ2n) is 5.81. The molecule has 0 radical (unpaired) electrons. The Hall–Kier alpha value is -2.43. The molecule has 2 aromatic rings. The number of nitrogens with one attached hydrogen (secondary N) is 2. The van der Waals surface area contributed by atoms with Crippen LogP contribution in [-0.2, 0) is 24.1 Å². The van der Waals surface area contributed by atoms with Gasteiger partial charge in [-0.15, -0.1) is 0 Å². The van der Waals surface area contributed by atoms with Crippen molar-refractivity contribution in [1.82, 2.24) is 15.5 Å². The van der Waals surface area contributed by atoms with Gasteiger partial charge in [-0.3, -0.25) is 9.59 Å². The molecule has 22 heavy (non-hydrogen) atoms. The number of nitrogens with zero attached hydrogens (tertiary/aromatic N) is 1. The first-order valence-corrected chi connectivity index (χ1v) is 7.53. The Morgan fingerprint density at radius 3 is 3.05 bits per heavy atom. The fourth-order valence-electron chi connectivity index (χ4n) is 2.92. The molecule has 0 saturated heterocycles. The maximum absolute atomic E-state index is 12.2. The molecule has 0 saturated carbocycles. The first kappa shape index (κ1) is 14.5. The Morgan fingerprint density at radius 1 is 1.41 bits per heavy atom. The van der Waals surface area contributed by atoms with E-state index in [9.17, 15) is 9.59 Å². The van der Waals surface area contributed by atoms with Crippen LogP contribution in [0.15, 0.2) is 35.1 Å². The summed E-state index contributed by atoms with van der Waals surface area (Å²) in [5.41, 5.74) is 3.86. The molecular weight excluding hydrogens is 278 g/mol. The van der Waals surface area contributed by atoms with E-state index in [2.05, 4.69) is 15.5 Å². The molecule has 5 heteroatoms. The third kappa shape index (κ3) is 3.24. The van der Waals surface area contributed by atoms with Gasteiger partial charge in [-0.25, -0.2) is 5.10 Å². The summed E-state index contributed by atoms with van der Waals surface area (Å²) >= 11 is 0. The highest BCUT2D eigenvalue weighted by Gasteiger charge is 2.21. The topological polar surface area (TPSA) is 74.8 Å². The number of aryl methyl sites for hydroxylation is 2. The van der Waals surface area contributed by atoms with E-state index in [1.807, 2.05) is 31.2 Å². The molecule has 0 fully saturated rings. The molecule has 0 aliphatic heterocycles. The molecular formula is C17H19N3O2. The first-order valence-electron chi connectivity index (χ1n) is 7.53. The number of H-pyrrole nitrogens is 1. The summed E-state index contributed by atoms with van der Waals surface area (Å²) in [6.07, 6.45) is 2.70. The number of benzene rings is 1. The molecule has 1 heterocycles. The summed E-state index contributed by atoms with van der Waals surface area (Å²) in [4.78, 5) is 23.6. The molecule has 0 spiro atoms. The van der Waals surface area contributed by atoms with Gasteiger partial charge in [-0.1, -0.05) is 24.3 Å². The van der Waals surface area contributed by atoms with Crippen molar-refractivity contribution in [3.63, 3.8) is 0 Å². The predicted molar refractivity (Wildman–Crippen MR) is 83.7 cm³/mol. The van der Waals surface area contributed by atoms with Crippen LogP contribution in [0.2, 0.25) is 0 Å². The van der Waals surface area contributed by atoms with Gasteiger partial charge in [0.25, 0.3) is 5.56 Å². The molecule has 1 aromatic carbocycles. The Morgan fingerprint density at radius 2 is 2.23 bits per heavy atom. The minimum absolute atomic E-state index is 0.0283. The third-order valence-electron chi connectivity index (χ3n) is 4.15. The van der Waals surface area contributed by atoms with Gasteiger partial charge in [0.1, 0.15) is 0 Å². The zero-order valence-electron chi connectivity index (χ0n) is 12.6. The summed E-state index contributed by atoms with van der Waals surface area (Å²) in [6.45, 7) is 2.01. The Labute approximate surface area is 128 Å². The molecule has 1 aliphatic carbocycles. The minimum atomic E-state index is -0.189. The van der Waals surface area contributed by atoms with Crippen LogP contribution in [0.5, 0.6) is 0 Å². The number of rotatable bonds is 3. The van der Waals surface area contributed by atoms with E-state index in [0.29, 0.717) is 12.8 Å². The fourth-order valence-corrected chi connectivity index (χ4v) is 2.92. The zero-order chi connectivity index (χ0) is 15.5. The average molecular weight is 297 g/mol. The molecule has 2 N–H and O–H groups in total. The van der Waals surface area contributed by atoms with Gasteiger partial charge >= 0.3 is 0 Å². The second kappa shape index (κ2) is 6.13. The Kier molecular flexibility index (Phi) is 4.04. The summed E-state index contributed by atoms with van der Waals surface area (Å²) in [5, 5.41) is 9.60. The minimum Gasteiger partial charge on any atom is -0.353 e. The first-order chi connectivity index (χ1) is 10.6. The van der Waals surface area contributed by atoms with Crippen LogP contribution in [0, 0.1) is 6.92 Å². The number of hydrogen-bond donors (Lipinski definition) is 2. The molecule has 114 valence electrons. The van der Waals surface area contributed by atoms with Gasteiger partial charge in [0.2, 0.25) is 5.91 Å². The summed E-state index contributed by atoms with van der Waals surface area (Å²) in [6, 6.07) is 9.57. The zero-order valence-corrected chi connectivity index (χ0v) is 12.6. The van der Waals surface area contributed by atoms with E-state index < -0.39 is 0 Å². The van der Waals surface area contributed by atoms with Crippen molar-refractivity contribution in [3.8, 4) is 0 Å². The highest BCUT2D eigenvalue weighted by atomic mass is 16.1. The highest BCUT2D eigenvalue weighted by Crippen LogP contribution is 2.18. The van der Waals surface area contributed by atoms with Crippen molar-refractivity contribution in [2.75, 3.05) is 0 Å². The van der Waals surface area contributed by atoms with Crippen molar-refractivity contribution >= 4 is 5.91 Å². The number of fused-ring (bicyclic) bond motifs is 1. The monoisotopic (exact) mass is 297 g/mol. The van der Waals surface area contributed by atoms with Crippen molar-refractivity contribution < 1.29 is 4.79 Å². The van der Waals surface area contributed by atoms with E-state index >= 15 is 0 Å². The van der Waals surface area contributed by atoms with Gasteiger partial charge in [0.05, 0.1) is 12.1 Å². The number of aromatic nitrogens is 2.